The molecule has 0 fully saturated rings. The van der Waals surface area contributed by atoms with Crippen LogP contribution >= 0.6 is 0 Å². The Morgan fingerprint density at radius 1 is 0.730 bits per heavy atom. The van der Waals surface area contributed by atoms with Gasteiger partial charge < -0.3 is 43.7 Å². The molecule has 0 amide bonds. The van der Waals surface area contributed by atoms with E-state index >= 15 is 0 Å². The summed E-state index contributed by atoms with van der Waals surface area (Å²) in [4.78, 5) is 0. The molecule has 0 saturated heterocycles. The van der Waals surface area contributed by atoms with Gasteiger partial charge in [0.1, 0.15) is 0 Å². The molecular formula is C27H53FO9. The number of aliphatic hydroxyl groups excluding tert-OH is 3. The highest BCUT2D eigenvalue weighted by Gasteiger charge is 2.24. The van der Waals surface area contributed by atoms with E-state index in [1.807, 2.05) is 13.8 Å². The first-order valence-electron chi connectivity index (χ1n) is 13.5. The van der Waals surface area contributed by atoms with Crippen molar-refractivity contribution in [3.8, 4) is 0 Å². The molecule has 0 rings (SSSR count). The van der Waals surface area contributed by atoms with Gasteiger partial charge in [-0.3, -0.25) is 0 Å². The number of alkyl halides is 1. The van der Waals surface area contributed by atoms with Crippen LogP contribution in [0.5, 0.6) is 0 Å². The molecule has 0 radical (unpaired) electrons. The summed E-state index contributed by atoms with van der Waals surface area (Å²) in [6.07, 6.45) is 4.32. The molecule has 0 saturated carbocycles. The maximum Gasteiger partial charge on any atom is 0.206 e. The van der Waals surface area contributed by atoms with Crippen molar-refractivity contribution in [1.82, 2.24) is 0 Å². The molecule has 0 aliphatic carbocycles. The van der Waals surface area contributed by atoms with Gasteiger partial charge in [-0.15, -0.1) is 6.58 Å². The van der Waals surface area contributed by atoms with Crippen molar-refractivity contribution in [2.24, 2.45) is 0 Å². The normalized spacial score (nSPS) is 15.4. The second kappa shape index (κ2) is 23.2. The zero-order valence-electron chi connectivity index (χ0n) is 23.3. The van der Waals surface area contributed by atoms with Crippen LogP contribution < -0.4 is 0 Å². The molecule has 37 heavy (non-hydrogen) atoms. The minimum atomic E-state index is -1.73. The first kappa shape index (κ1) is 36.3. The molecule has 0 bridgehead atoms. The van der Waals surface area contributed by atoms with E-state index in [1.165, 1.54) is 6.92 Å². The van der Waals surface area contributed by atoms with E-state index in [4.69, 9.17) is 33.5 Å². The quantitative estimate of drug-likeness (QED) is 0.102. The van der Waals surface area contributed by atoms with E-state index in [1.54, 1.807) is 6.08 Å². The molecular weight excluding hydrogens is 487 g/mol. The lowest BCUT2D eigenvalue weighted by molar-refractivity contribution is -0.144. The fourth-order valence-corrected chi connectivity index (χ4v) is 3.30. The number of halogens is 1. The number of aliphatic hydroxyl groups is 3. The van der Waals surface area contributed by atoms with E-state index in [0.29, 0.717) is 65.3 Å². The van der Waals surface area contributed by atoms with Crippen molar-refractivity contribution >= 4 is 0 Å². The minimum absolute atomic E-state index is 0.0247. The predicted molar refractivity (Wildman–Crippen MR) is 140 cm³/mol. The van der Waals surface area contributed by atoms with E-state index in [0.717, 1.165) is 12.8 Å². The summed E-state index contributed by atoms with van der Waals surface area (Å²) in [7, 11) is 0. The Morgan fingerprint density at radius 3 is 1.92 bits per heavy atom. The monoisotopic (exact) mass is 540 g/mol. The second-order valence-corrected chi connectivity index (χ2v) is 9.85. The zero-order chi connectivity index (χ0) is 27.8. The number of hydrogen-bond acceptors (Lipinski definition) is 9. The Bertz CT molecular complexity index is 520. The lowest BCUT2D eigenvalue weighted by Gasteiger charge is -2.27. The lowest BCUT2D eigenvalue weighted by Crippen LogP contribution is -2.28. The van der Waals surface area contributed by atoms with Crippen LogP contribution in [0.2, 0.25) is 0 Å². The summed E-state index contributed by atoms with van der Waals surface area (Å²) < 4.78 is 47.1. The maximum absolute atomic E-state index is 14.6. The molecule has 0 spiro atoms. The first-order valence-corrected chi connectivity index (χ1v) is 13.5. The van der Waals surface area contributed by atoms with E-state index < -0.39 is 18.1 Å². The van der Waals surface area contributed by atoms with Crippen LogP contribution in [0.15, 0.2) is 12.7 Å². The van der Waals surface area contributed by atoms with Crippen molar-refractivity contribution in [1.29, 1.82) is 0 Å². The van der Waals surface area contributed by atoms with Crippen molar-refractivity contribution in [2.45, 2.75) is 89.4 Å². The maximum atomic E-state index is 14.6. The van der Waals surface area contributed by atoms with Crippen molar-refractivity contribution in [2.75, 3.05) is 72.7 Å². The van der Waals surface area contributed by atoms with Gasteiger partial charge in [0.25, 0.3) is 0 Å². The highest BCUT2D eigenvalue weighted by atomic mass is 19.2. The number of ether oxygens (including phenoxy) is 6. The van der Waals surface area contributed by atoms with Crippen LogP contribution in [0.3, 0.4) is 0 Å². The second-order valence-electron chi connectivity index (χ2n) is 9.85. The summed E-state index contributed by atoms with van der Waals surface area (Å²) in [5.41, 5.74) is -0.354. The Kier molecular flexibility index (Phi) is 22.8. The molecule has 3 N–H and O–H groups in total. The van der Waals surface area contributed by atoms with Crippen molar-refractivity contribution < 1.29 is 48.1 Å². The third kappa shape index (κ3) is 25.4. The van der Waals surface area contributed by atoms with E-state index in [-0.39, 0.29) is 45.1 Å². The Balaban J connectivity index is 3.72. The SMILES string of the molecule is C=CCOCCC(O)COCCCOC(C)(F)CCCOC(C)(C)CCCOCC(O)CCOCCO. The number of rotatable bonds is 28. The van der Waals surface area contributed by atoms with Gasteiger partial charge in [0.2, 0.25) is 5.85 Å². The molecule has 0 aromatic carbocycles. The summed E-state index contributed by atoms with van der Waals surface area (Å²) in [6, 6.07) is 0. The van der Waals surface area contributed by atoms with E-state index in [2.05, 4.69) is 6.58 Å². The van der Waals surface area contributed by atoms with Gasteiger partial charge >= 0.3 is 0 Å². The van der Waals surface area contributed by atoms with Gasteiger partial charge in [-0.1, -0.05) is 6.08 Å². The third-order valence-electron chi connectivity index (χ3n) is 5.45. The van der Waals surface area contributed by atoms with Gasteiger partial charge in [-0.25, -0.2) is 4.39 Å². The van der Waals surface area contributed by atoms with Gasteiger partial charge in [0.05, 0.1) is 57.5 Å². The fourth-order valence-electron chi connectivity index (χ4n) is 3.30. The van der Waals surface area contributed by atoms with Crippen LogP contribution in [0.4, 0.5) is 4.39 Å². The summed E-state index contributed by atoms with van der Waals surface area (Å²) in [5.74, 6) is -1.73. The van der Waals surface area contributed by atoms with Crippen LogP contribution in [0.1, 0.15) is 65.7 Å². The Labute approximate surface area is 223 Å². The standard InChI is InChI=1S/C27H53FO9/c1-5-14-32-19-9-24(30)23-35-16-8-18-37-27(4,28)12-7-17-36-26(2,3)11-6-15-34-22-25(31)10-20-33-21-13-29/h5,24-25,29-31H,1,6-23H2,2-4H3. The van der Waals surface area contributed by atoms with Gasteiger partial charge in [-0.05, 0) is 59.3 Å². The average molecular weight is 541 g/mol. The molecule has 0 aliphatic heterocycles. The first-order chi connectivity index (χ1) is 17.6. The average Bonchev–Trinajstić information content (AvgIpc) is 2.84. The molecule has 0 heterocycles. The summed E-state index contributed by atoms with van der Waals surface area (Å²) in [5, 5.41) is 28.2. The largest absolute Gasteiger partial charge is 0.394 e. The molecule has 9 nitrogen and oxygen atoms in total. The zero-order valence-corrected chi connectivity index (χ0v) is 23.3. The Hall–Kier alpha value is -0.690. The van der Waals surface area contributed by atoms with Gasteiger partial charge in [0, 0.05) is 39.5 Å². The van der Waals surface area contributed by atoms with Crippen molar-refractivity contribution in [3.63, 3.8) is 0 Å². The van der Waals surface area contributed by atoms with Crippen LogP contribution in [0.25, 0.3) is 0 Å². The number of hydrogen-bond donors (Lipinski definition) is 3. The topological polar surface area (TPSA) is 116 Å². The highest BCUT2D eigenvalue weighted by molar-refractivity contribution is 4.69. The molecule has 0 aromatic heterocycles. The lowest BCUT2D eigenvalue weighted by atomic mass is 10.0. The Morgan fingerprint density at radius 2 is 1.30 bits per heavy atom. The predicted octanol–water partition coefficient (Wildman–Crippen LogP) is 3.18. The fraction of sp³-hybridized carbons (Fsp3) is 0.926. The van der Waals surface area contributed by atoms with Crippen LogP contribution in [-0.4, -0.2) is 112 Å². The van der Waals surface area contributed by atoms with Gasteiger partial charge in [-0.2, -0.15) is 0 Å². The molecule has 0 aromatic rings. The molecule has 3 atom stereocenters. The minimum Gasteiger partial charge on any atom is -0.394 e. The van der Waals surface area contributed by atoms with Crippen LogP contribution in [-0.2, 0) is 28.4 Å². The van der Waals surface area contributed by atoms with Gasteiger partial charge in [0.15, 0.2) is 0 Å². The third-order valence-corrected chi connectivity index (χ3v) is 5.45. The molecule has 10 heteroatoms. The van der Waals surface area contributed by atoms with E-state index in [9.17, 15) is 14.6 Å². The van der Waals surface area contributed by atoms with Crippen molar-refractivity contribution in [3.05, 3.63) is 12.7 Å². The van der Waals surface area contributed by atoms with Crippen LogP contribution in [0, 0.1) is 0 Å². The summed E-state index contributed by atoms with van der Waals surface area (Å²) in [6.45, 7) is 12.6. The molecule has 0 aliphatic rings. The smallest absolute Gasteiger partial charge is 0.206 e. The molecule has 222 valence electrons. The highest BCUT2D eigenvalue weighted by Crippen LogP contribution is 2.22. The summed E-state index contributed by atoms with van der Waals surface area (Å²) >= 11 is 0. The molecule has 3 unspecified atom stereocenters.